The van der Waals surface area contributed by atoms with E-state index >= 15 is 0 Å². The van der Waals surface area contributed by atoms with Crippen molar-refractivity contribution in [1.82, 2.24) is 0 Å². The third-order valence-corrected chi connectivity index (χ3v) is 3.54. The van der Waals surface area contributed by atoms with Crippen LogP contribution in [0.15, 0.2) is 23.1 Å². The summed E-state index contributed by atoms with van der Waals surface area (Å²) >= 11 is 6.68. The molecule has 4 nitrogen and oxygen atoms in total. The summed E-state index contributed by atoms with van der Waals surface area (Å²) in [6.45, 7) is 2.33. The zero-order chi connectivity index (χ0) is 14.4. The molecule has 0 fully saturated rings. The molecule has 6 heteroatoms. The van der Waals surface area contributed by atoms with Crippen molar-refractivity contribution in [3.8, 4) is 0 Å². The lowest BCUT2D eigenvalue weighted by Crippen LogP contribution is -2.29. The smallest absolute Gasteiger partial charge is 0.325 e. The number of likely N-dealkylation sites (N-methyl/N-ethyl adjacent to an activating group) is 1. The Bertz CT molecular complexity index is 478. The van der Waals surface area contributed by atoms with Crippen LogP contribution in [-0.2, 0) is 9.53 Å². The van der Waals surface area contributed by atoms with Crippen molar-refractivity contribution in [1.29, 1.82) is 0 Å². The topological polar surface area (TPSA) is 55.6 Å². The molecule has 104 valence electrons. The van der Waals surface area contributed by atoms with Crippen molar-refractivity contribution in [2.75, 3.05) is 31.4 Å². The molecule has 1 aromatic rings. The maximum Gasteiger partial charge on any atom is 0.325 e. The van der Waals surface area contributed by atoms with E-state index in [9.17, 15) is 4.79 Å². The predicted molar refractivity (Wildman–Crippen MR) is 84.0 cm³/mol. The van der Waals surface area contributed by atoms with Crippen LogP contribution in [0.5, 0.6) is 0 Å². The average Bonchev–Trinajstić information content (AvgIpc) is 2.37. The first-order valence-corrected chi connectivity index (χ1v) is 7.48. The van der Waals surface area contributed by atoms with Gasteiger partial charge in [0.15, 0.2) is 0 Å². The molecule has 0 saturated carbocycles. The maximum absolute atomic E-state index is 11.5. The van der Waals surface area contributed by atoms with Gasteiger partial charge in [-0.05, 0) is 25.3 Å². The molecular weight excluding hydrogens is 280 g/mol. The molecule has 0 heterocycles. The Morgan fingerprint density at radius 1 is 1.53 bits per heavy atom. The molecule has 0 spiro atoms. The van der Waals surface area contributed by atoms with Crippen molar-refractivity contribution in [3.05, 3.63) is 23.8 Å². The number of hydrogen-bond donors (Lipinski definition) is 1. The summed E-state index contributed by atoms with van der Waals surface area (Å²) in [5.41, 5.74) is 7.44. The number of rotatable bonds is 6. The lowest BCUT2D eigenvalue weighted by atomic mass is 10.1. The molecule has 0 aliphatic rings. The second-order valence-electron chi connectivity index (χ2n) is 3.88. The van der Waals surface area contributed by atoms with Gasteiger partial charge < -0.3 is 15.4 Å². The third kappa shape index (κ3) is 4.11. The van der Waals surface area contributed by atoms with Gasteiger partial charge in [-0.25, -0.2) is 0 Å². The summed E-state index contributed by atoms with van der Waals surface area (Å²) in [4.78, 5) is 14.7. The van der Waals surface area contributed by atoms with Crippen LogP contribution < -0.4 is 10.6 Å². The number of nitrogens with two attached hydrogens (primary N) is 1. The molecule has 0 atom stereocenters. The fraction of sp³-hybridized carbons (Fsp3) is 0.385. The molecule has 0 saturated heterocycles. The van der Waals surface area contributed by atoms with E-state index in [1.54, 1.807) is 23.6 Å². The summed E-state index contributed by atoms with van der Waals surface area (Å²) in [5.74, 6) is -0.270. The van der Waals surface area contributed by atoms with E-state index < -0.39 is 0 Å². The monoisotopic (exact) mass is 298 g/mol. The highest BCUT2D eigenvalue weighted by Crippen LogP contribution is 2.29. The normalized spacial score (nSPS) is 10.1. The summed E-state index contributed by atoms with van der Waals surface area (Å²) in [6, 6.07) is 5.78. The number of thioether (sulfide) groups is 1. The highest BCUT2D eigenvalue weighted by atomic mass is 32.2. The summed E-state index contributed by atoms with van der Waals surface area (Å²) in [6.07, 6.45) is 1.96. The van der Waals surface area contributed by atoms with Gasteiger partial charge >= 0.3 is 5.97 Å². The molecule has 0 aliphatic heterocycles. The van der Waals surface area contributed by atoms with E-state index in [2.05, 4.69) is 0 Å². The Morgan fingerprint density at radius 3 is 2.74 bits per heavy atom. The Balaban J connectivity index is 3.05. The van der Waals surface area contributed by atoms with Crippen LogP contribution in [0.4, 0.5) is 5.69 Å². The van der Waals surface area contributed by atoms with Gasteiger partial charge in [0.1, 0.15) is 11.5 Å². The Kier molecular flexibility index (Phi) is 6.11. The fourth-order valence-electron chi connectivity index (χ4n) is 1.74. The molecule has 0 unspecified atom stereocenters. The van der Waals surface area contributed by atoms with Crippen LogP contribution in [-0.4, -0.2) is 37.4 Å². The van der Waals surface area contributed by atoms with Gasteiger partial charge in [-0.1, -0.05) is 18.3 Å². The maximum atomic E-state index is 11.5. The number of carbonyl (C=O) groups is 1. The Morgan fingerprint density at radius 2 is 2.21 bits per heavy atom. The average molecular weight is 298 g/mol. The van der Waals surface area contributed by atoms with Crippen LogP contribution in [0.3, 0.4) is 0 Å². The highest BCUT2D eigenvalue weighted by Gasteiger charge is 2.16. The van der Waals surface area contributed by atoms with Crippen molar-refractivity contribution in [2.24, 2.45) is 5.73 Å². The predicted octanol–water partition coefficient (Wildman–Crippen LogP) is 2.04. The van der Waals surface area contributed by atoms with E-state index in [1.165, 1.54) is 0 Å². The second-order valence-corrected chi connectivity index (χ2v) is 5.17. The van der Waals surface area contributed by atoms with Gasteiger partial charge in [-0.15, -0.1) is 11.8 Å². The fourth-order valence-corrected chi connectivity index (χ4v) is 2.65. The standard InChI is InChI=1S/C13H18N2O2S2/c1-4-17-11(16)8-15(2)9-6-5-7-10(19-3)12(9)13(14)18/h5-7H,4,8H2,1-3H3,(H2,14,18). The molecule has 0 radical (unpaired) electrons. The van der Waals surface area contributed by atoms with Crippen molar-refractivity contribution in [2.45, 2.75) is 11.8 Å². The molecule has 0 aromatic heterocycles. The van der Waals surface area contributed by atoms with E-state index in [0.717, 1.165) is 16.1 Å². The number of benzene rings is 1. The molecular formula is C13H18N2O2S2. The second kappa shape index (κ2) is 7.35. The number of ether oxygens (including phenoxy) is 1. The first kappa shape index (κ1) is 15.8. The Hall–Kier alpha value is -1.27. The molecule has 0 aliphatic carbocycles. The van der Waals surface area contributed by atoms with Crippen LogP contribution >= 0.6 is 24.0 Å². The first-order chi connectivity index (χ1) is 9.01. The van der Waals surface area contributed by atoms with Crippen LogP contribution in [0.1, 0.15) is 12.5 Å². The van der Waals surface area contributed by atoms with E-state index in [4.69, 9.17) is 22.7 Å². The number of anilines is 1. The summed E-state index contributed by atoms with van der Waals surface area (Å²) in [7, 11) is 1.82. The molecule has 1 rings (SSSR count). The summed E-state index contributed by atoms with van der Waals surface area (Å²) in [5, 5.41) is 0. The molecule has 2 N–H and O–H groups in total. The minimum atomic E-state index is -0.270. The number of nitrogens with zero attached hydrogens (tertiary/aromatic N) is 1. The third-order valence-electron chi connectivity index (χ3n) is 2.55. The SMILES string of the molecule is CCOC(=O)CN(C)c1cccc(SC)c1C(N)=S. The lowest BCUT2D eigenvalue weighted by Gasteiger charge is -2.22. The van der Waals surface area contributed by atoms with Gasteiger partial charge in [0.2, 0.25) is 0 Å². The van der Waals surface area contributed by atoms with Crippen LogP contribution in [0.2, 0.25) is 0 Å². The number of carbonyl (C=O) groups excluding carboxylic acids is 1. The van der Waals surface area contributed by atoms with Gasteiger partial charge in [-0.2, -0.15) is 0 Å². The zero-order valence-electron chi connectivity index (χ0n) is 11.3. The minimum Gasteiger partial charge on any atom is -0.465 e. The van der Waals surface area contributed by atoms with Crippen LogP contribution in [0.25, 0.3) is 0 Å². The minimum absolute atomic E-state index is 0.168. The van der Waals surface area contributed by atoms with Crippen molar-refractivity contribution in [3.63, 3.8) is 0 Å². The molecule has 19 heavy (non-hydrogen) atoms. The highest BCUT2D eigenvalue weighted by molar-refractivity contribution is 7.98. The van der Waals surface area contributed by atoms with Gasteiger partial charge in [-0.3, -0.25) is 4.79 Å². The number of thiocarbonyl (C=S) groups is 1. The van der Waals surface area contributed by atoms with Gasteiger partial charge in [0.05, 0.1) is 6.61 Å². The quantitative estimate of drug-likeness (QED) is 0.493. The zero-order valence-corrected chi connectivity index (χ0v) is 12.9. The largest absolute Gasteiger partial charge is 0.465 e. The van der Waals surface area contributed by atoms with Gasteiger partial charge in [0, 0.05) is 23.2 Å². The number of hydrogen-bond acceptors (Lipinski definition) is 5. The van der Waals surface area contributed by atoms with Crippen LogP contribution in [0, 0.1) is 0 Å². The van der Waals surface area contributed by atoms with E-state index in [1.807, 2.05) is 31.5 Å². The molecule has 1 aromatic carbocycles. The van der Waals surface area contributed by atoms with Crippen molar-refractivity contribution >= 4 is 40.6 Å². The number of esters is 1. The summed E-state index contributed by atoms with van der Waals surface area (Å²) < 4.78 is 4.94. The molecule has 0 amide bonds. The lowest BCUT2D eigenvalue weighted by molar-refractivity contribution is -0.141. The van der Waals surface area contributed by atoms with E-state index in [0.29, 0.717) is 11.6 Å². The van der Waals surface area contributed by atoms with Gasteiger partial charge in [0.25, 0.3) is 0 Å². The first-order valence-electron chi connectivity index (χ1n) is 5.84. The Labute approximate surface area is 123 Å². The molecule has 0 bridgehead atoms. The van der Waals surface area contributed by atoms with E-state index in [-0.39, 0.29) is 12.5 Å². The van der Waals surface area contributed by atoms with Crippen molar-refractivity contribution < 1.29 is 9.53 Å².